The van der Waals surface area contributed by atoms with Crippen LogP contribution in [0.2, 0.25) is 0 Å². The summed E-state index contributed by atoms with van der Waals surface area (Å²) in [5.74, 6) is -0.245. The number of aryl methyl sites for hydroxylation is 1. The van der Waals surface area contributed by atoms with E-state index in [0.717, 1.165) is 38.5 Å². The van der Waals surface area contributed by atoms with Gasteiger partial charge in [-0.15, -0.1) is 0 Å². The van der Waals surface area contributed by atoms with Gasteiger partial charge in [-0.25, -0.2) is 0 Å². The number of halogens is 1. The fourth-order valence-electron chi connectivity index (χ4n) is 4.09. The van der Waals surface area contributed by atoms with Crippen molar-refractivity contribution < 1.29 is 9.59 Å². The normalized spacial score (nSPS) is 17.2. The molecule has 0 radical (unpaired) electrons. The van der Waals surface area contributed by atoms with E-state index in [-0.39, 0.29) is 17.9 Å². The Morgan fingerprint density at radius 1 is 1.16 bits per heavy atom. The number of likely N-dealkylation sites (N-methyl/N-ethyl adjacent to an activating group) is 1. The summed E-state index contributed by atoms with van der Waals surface area (Å²) in [4.78, 5) is 28.0. The Balaban J connectivity index is 1.73. The summed E-state index contributed by atoms with van der Waals surface area (Å²) >= 11 is 3.61. The minimum atomic E-state index is -0.561. The van der Waals surface area contributed by atoms with E-state index in [0.29, 0.717) is 13.0 Å². The fourth-order valence-corrected chi connectivity index (χ4v) is 4.61. The zero-order valence-corrected chi connectivity index (χ0v) is 19.3. The van der Waals surface area contributed by atoms with Crippen LogP contribution < -0.4 is 15.5 Å². The van der Waals surface area contributed by atoms with Gasteiger partial charge in [0.15, 0.2) is 0 Å². The molecule has 3 aromatic carbocycles. The van der Waals surface area contributed by atoms with Crippen molar-refractivity contribution in [2.75, 3.05) is 11.9 Å². The number of hydrogen-bond acceptors (Lipinski definition) is 3. The molecule has 1 heterocycles. The zero-order chi connectivity index (χ0) is 22.0. The van der Waals surface area contributed by atoms with Gasteiger partial charge in [0.2, 0.25) is 11.8 Å². The maximum absolute atomic E-state index is 13.7. The number of amides is 2. The lowest BCUT2D eigenvalue weighted by Crippen LogP contribution is -2.52. The van der Waals surface area contributed by atoms with E-state index in [4.69, 9.17) is 0 Å². The van der Waals surface area contributed by atoms with Crippen LogP contribution in [-0.4, -0.2) is 30.9 Å². The third-order valence-corrected chi connectivity index (χ3v) is 6.39. The number of nitrogens with zero attached hydrogens (tertiary/aromatic N) is 1. The predicted molar refractivity (Wildman–Crippen MR) is 128 cm³/mol. The van der Waals surface area contributed by atoms with Gasteiger partial charge in [-0.05, 0) is 66.9 Å². The minimum absolute atomic E-state index is 0.0781. The fraction of sp³-hybridized carbons (Fsp3) is 0.280. The number of anilines is 1. The number of rotatable bonds is 5. The summed E-state index contributed by atoms with van der Waals surface area (Å²) in [5, 5.41) is 8.13. The maximum atomic E-state index is 13.7. The molecule has 0 aromatic heterocycles. The molecule has 3 aromatic rings. The van der Waals surface area contributed by atoms with Crippen LogP contribution in [0.25, 0.3) is 10.8 Å². The van der Waals surface area contributed by atoms with Crippen LogP contribution in [0.5, 0.6) is 0 Å². The van der Waals surface area contributed by atoms with Gasteiger partial charge in [-0.2, -0.15) is 0 Å². The summed E-state index contributed by atoms with van der Waals surface area (Å²) in [6, 6.07) is 19.4. The molecule has 1 aliphatic rings. The van der Waals surface area contributed by atoms with Gasteiger partial charge in [0.25, 0.3) is 0 Å². The van der Waals surface area contributed by atoms with Crippen LogP contribution in [-0.2, 0) is 22.6 Å². The van der Waals surface area contributed by atoms with Crippen LogP contribution >= 0.6 is 15.9 Å². The number of nitrogens with one attached hydrogen (secondary N) is 2. The highest BCUT2D eigenvalue weighted by Crippen LogP contribution is 2.31. The first-order valence-corrected chi connectivity index (χ1v) is 11.3. The molecule has 0 saturated carbocycles. The van der Waals surface area contributed by atoms with Crippen molar-refractivity contribution in [1.29, 1.82) is 0 Å². The molecule has 1 unspecified atom stereocenters. The molecule has 6 heteroatoms. The maximum Gasteiger partial charge on any atom is 0.249 e. The average molecular weight is 480 g/mol. The van der Waals surface area contributed by atoms with Gasteiger partial charge in [-0.1, -0.05) is 58.4 Å². The highest BCUT2D eigenvalue weighted by molar-refractivity contribution is 9.10. The number of benzene rings is 3. The van der Waals surface area contributed by atoms with Crippen molar-refractivity contribution in [3.63, 3.8) is 0 Å². The lowest BCUT2D eigenvalue weighted by atomic mass is 10.0. The SMILES string of the molecule is CN[C@@H](C)C(=O)NC1CCc2ccccc2N(Cc2cc(Br)cc3ccccc23)C1=O. The molecule has 0 saturated heterocycles. The van der Waals surface area contributed by atoms with Gasteiger partial charge in [0.05, 0.1) is 12.6 Å². The lowest BCUT2D eigenvalue weighted by Gasteiger charge is -2.27. The first-order valence-electron chi connectivity index (χ1n) is 10.5. The van der Waals surface area contributed by atoms with Gasteiger partial charge >= 0.3 is 0 Å². The van der Waals surface area contributed by atoms with E-state index in [1.165, 1.54) is 0 Å². The van der Waals surface area contributed by atoms with Crippen LogP contribution in [0, 0.1) is 0 Å². The highest BCUT2D eigenvalue weighted by atomic mass is 79.9. The zero-order valence-electron chi connectivity index (χ0n) is 17.7. The Bertz CT molecular complexity index is 1130. The van der Waals surface area contributed by atoms with Crippen LogP contribution in [0.1, 0.15) is 24.5 Å². The molecule has 160 valence electrons. The smallest absolute Gasteiger partial charge is 0.249 e. The molecular weight excluding hydrogens is 454 g/mol. The molecule has 31 heavy (non-hydrogen) atoms. The van der Waals surface area contributed by atoms with Crippen molar-refractivity contribution in [3.8, 4) is 0 Å². The summed E-state index contributed by atoms with van der Waals surface area (Å²) in [5.41, 5.74) is 3.09. The topological polar surface area (TPSA) is 61.4 Å². The van der Waals surface area contributed by atoms with E-state index in [1.54, 1.807) is 14.0 Å². The Labute approximate surface area is 190 Å². The molecule has 5 nitrogen and oxygen atoms in total. The largest absolute Gasteiger partial charge is 0.343 e. The van der Waals surface area contributed by atoms with Crippen molar-refractivity contribution in [3.05, 3.63) is 76.3 Å². The summed E-state index contributed by atoms with van der Waals surface area (Å²) < 4.78 is 0.976. The van der Waals surface area contributed by atoms with Crippen molar-refractivity contribution >= 4 is 44.2 Å². The van der Waals surface area contributed by atoms with Gasteiger partial charge in [0.1, 0.15) is 6.04 Å². The minimum Gasteiger partial charge on any atom is -0.343 e. The Morgan fingerprint density at radius 3 is 2.71 bits per heavy atom. The summed E-state index contributed by atoms with van der Waals surface area (Å²) in [7, 11) is 1.74. The van der Waals surface area contributed by atoms with E-state index in [1.807, 2.05) is 35.2 Å². The van der Waals surface area contributed by atoms with E-state index < -0.39 is 6.04 Å². The molecule has 0 spiro atoms. The Hall–Kier alpha value is -2.70. The molecule has 2 atom stereocenters. The van der Waals surface area contributed by atoms with E-state index in [9.17, 15) is 9.59 Å². The van der Waals surface area contributed by atoms with Crippen molar-refractivity contribution in [1.82, 2.24) is 10.6 Å². The summed E-state index contributed by atoms with van der Waals surface area (Å²) in [6.07, 6.45) is 1.31. The average Bonchev–Trinajstić information content (AvgIpc) is 2.90. The van der Waals surface area contributed by atoms with Gasteiger partial charge < -0.3 is 15.5 Å². The van der Waals surface area contributed by atoms with Crippen LogP contribution in [0.4, 0.5) is 5.69 Å². The molecule has 2 amide bonds. The molecule has 0 aliphatic carbocycles. The quantitative estimate of drug-likeness (QED) is 0.576. The first kappa shape index (κ1) is 21.5. The third kappa shape index (κ3) is 4.50. The van der Waals surface area contributed by atoms with Crippen LogP contribution in [0.3, 0.4) is 0 Å². The molecule has 4 rings (SSSR count). The molecule has 0 fully saturated rings. The molecule has 2 N–H and O–H groups in total. The highest BCUT2D eigenvalue weighted by Gasteiger charge is 2.32. The van der Waals surface area contributed by atoms with Gasteiger partial charge in [0, 0.05) is 10.2 Å². The second-order valence-electron chi connectivity index (χ2n) is 7.95. The second kappa shape index (κ2) is 9.20. The number of fused-ring (bicyclic) bond motifs is 2. The van der Waals surface area contributed by atoms with E-state index >= 15 is 0 Å². The number of carbonyl (C=O) groups is 2. The lowest BCUT2D eigenvalue weighted by molar-refractivity contribution is -0.128. The predicted octanol–water partition coefficient (Wildman–Crippen LogP) is 4.17. The standard InChI is InChI=1S/C25H26BrN3O2/c1-16(27-2)24(30)28-22-12-11-17-7-4-6-10-23(17)29(25(22)31)15-19-14-20(26)13-18-8-3-5-9-21(18)19/h3-10,13-14,16,22,27H,11-12,15H2,1-2H3,(H,28,30)/t16-,22?/m0/s1. The molecule has 1 aliphatic heterocycles. The Kier molecular flexibility index (Phi) is 6.39. The van der Waals surface area contributed by atoms with Crippen molar-refractivity contribution in [2.45, 2.75) is 38.4 Å². The number of carbonyl (C=O) groups excluding carboxylic acids is 2. The second-order valence-corrected chi connectivity index (χ2v) is 8.87. The summed E-state index contributed by atoms with van der Waals surface area (Å²) in [6.45, 7) is 2.22. The monoisotopic (exact) mass is 479 g/mol. The van der Waals surface area contributed by atoms with E-state index in [2.05, 4.69) is 56.9 Å². The number of hydrogen-bond donors (Lipinski definition) is 2. The van der Waals surface area contributed by atoms with Gasteiger partial charge in [-0.3, -0.25) is 9.59 Å². The Morgan fingerprint density at radius 2 is 1.90 bits per heavy atom. The van der Waals surface area contributed by atoms with Crippen molar-refractivity contribution in [2.24, 2.45) is 0 Å². The molecular formula is C25H26BrN3O2. The molecule has 0 bridgehead atoms. The van der Waals surface area contributed by atoms with Crippen LogP contribution in [0.15, 0.2) is 65.1 Å². The third-order valence-electron chi connectivity index (χ3n) is 5.93. The number of para-hydroxylation sites is 1. The first-order chi connectivity index (χ1) is 15.0.